The number of ether oxygens (including phenoxy) is 2. The van der Waals surface area contributed by atoms with Crippen molar-refractivity contribution in [3.63, 3.8) is 0 Å². The summed E-state index contributed by atoms with van der Waals surface area (Å²) in [6.07, 6.45) is 2.99. The van der Waals surface area contributed by atoms with Crippen LogP contribution in [0.4, 0.5) is 23.8 Å². The van der Waals surface area contributed by atoms with Gasteiger partial charge in [-0.2, -0.15) is 9.97 Å². The van der Waals surface area contributed by atoms with Crippen LogP contribution in [0.3, 0.4) is 0 Å². The lowest BCUT2D eigenvalue weighted by Gasteiger charge is -2.31. The van der Waals surface area contributed by atoms with Crippen LogP contribution in [0, 0.1) is 11.6 Å². The van der Waals surface area contributed by atoms with Crippen molar-refractivity contribution in [1.29, 1.82) is 0 Å². The third kappa shape index (κ3) is 4.57. The Morgan fingerprint density at radius 2 is 2.07 bits per heavy atom. The zero-order valence-corrected chi connectivity index (χ0v) is 25.3. The molecule has 3 atom stereocenters. The molecule has 1 spiro atoms. The van der Waals surface area contributed by atoms with E-state index in [1.807, 2.05) is 11.8 Å². The fraction of sp³-hybridized carbons (Fsp3) is 0.455. The first-order chi connectivity index (χ1) is 22.2. The minimum absolute atomic E-state index is 0.0611. The summed E-state index contributed by atoms with van der Waals surface area (Å²) in [5, 5.41) is 14.6. The SMILES string of the molecule is CCc1c(F)ccc2cc(O)cc(-c3ncc4c(N5CCC6(CNC(=O)O6)C5)nc(OC[C@@]56CCCN5C[C@H](F)C6)nc4c3F)c12. The van der Waals surface area contributed by atoms with E-state index in [1.54, 1.807) is 6.07 Å². The number of aromatic hydroxyl groups is 1. The standard InChI is InChI=1S/C33H33F3N6O4/c1-2-21-24(35)5-4-18-10-20(43)11-22(25(18)21)27-26(36)28-23(13-37-27)29(41-9-7-33(16-41)15-38-31(44)46-33)40-30(39-28)45-17-32-6-3-8-42(32)14-19(34)12-32/h4-5,10-11,13,19,43H,2-3,6-9,12,14-17H2,1H3,(H,38,44)/t19-,32+,33?/m1/s1. The molecule has 2 aromatic carbocycles. The van der Waals surface area contributed by atoms with E-state index in [0.717, 1.165) is 19.4 Å². The molecule has 4 saturated heterocycles. The smallest absolute Gasteiger partial charge is 0.407 e. The van der Waals surface area contributed by atoms with Gasteiger partial charge in [0.25, 0.3) is 0 Å². The minimum atomic E-state index is -0.943. The fourth-order valence-electron chi connectivity index (χ4n) is 7.95. The summed E-state index contributed by atoms with van der Waals surface area (Å²) in [5.41, 5.74) is -0.764. The van der Waals surface area contributed by atoms with Crippen LogP contribution in [0.15, 0.2) is 30.5 Å². The third-order valence-corrected chi connectivity index (χ3v) is 10.1. The summed E-state index contributed by atoms with van der Waals surface area (Å²) >= 11 is 0. The summed E-state index contributed by atoms with van der Waals surface area (Å²) in [7, 11) is 0. The molecule has 4 fully saturated rings. The summed E-state index contributed by atoms with van der Waals surface area (Å²) < 4.78 is 58.0. The number of fused-ring (bicyclic) bond motifs is 3. The molecule has 6 heterocycles. The van der Waals surface area contributed by atoms with Gasteiger partial charge in [0.05, 0.1) is 24.0 Å². The average Bonchev–Trinajstić information content (AvgIpc) is 3.79. The summed E-state index contributed by atoms with van der Waals surface area (Å²) in [6, 6.07) is 5.70. The maximum absolute atomic E-state index is 16.8. The number of pyridine rings is 1. The molecule has 2 N–H and O–H groups in total. The van der Waals surface area contributed by atoms with Crippen molar-refractivity contribution in [3.8, 4) is 23.0 Å². The summed E-state index contributed by atoms with van der Waals surface area (Å²) in [6.45, 7) is 4.24. The van der Waals surface area contributed by atoms with E-state index in [1.165, 1.54) is 24.4 Å². The molecule has 4 aromatic rings. The predicted octanol–water partition coefficient (Wildman–Crippen LogP) is 5.04. The molecular weight excluding hydrogens is 601 g/mol. The highest BCUT2D eigenvalue weighted by molar-refractivity contribution is 6.01. The van der Waals surface area contributed by atoms with Crippen molar-refractivity contribution >= 4 is 33.6 Å². The van der Waals surface area contributed by atoms with E-state index >= 15 is 4.39 Å². The number of anilines is 1. The topological polar surface area (TPSA) is 113 Å². The zero-order chi connectivity index (χ0) is 31.8. The van der Waals surface area contributed by atoms with E-state index in [9.17, 15) is 18.7 Å². The lowest BCUT2D eigenvalue weighted by molar-refractivity contribution is 0.0745. The maximum atomic E-state index is 16.8. The molecule has 10 nitrogen and oxygen atoms in total. The molecule has 240 valence electrons. The Labute approximate surface area is 262 Å². The number of rotatable bonds is 6. The highest BCUT2D eigenvalue weighted by atomic mass is 19.1. The van der Waals surface area contributed by atoms with Crippen LogP contribution in [0.5, 0.6) is 11.8 Å². The number of aromatic nitrogens is 3. The lowest BCUT2D eigenvalue weighted by atomic mass is 9.94. The molecule has 2 aromatic heterocycles. The van der Waals surface area contributed by atoms with Gasteiger partial charge in [-0.05, 0) is 60.3 Å². The number of nitrogens with one attached hydrogen (secondary N) is 1. The summed E-state index contributed by atoms with van der Waals surface area (Å²) in [5.74, 6) is -0.960. The number of carbonyl (C=O) groups is 1. The fourth-order valence-corrected chi connectivity index (χ4v) is 7.95. The number of halogens is 3. The molecule has 46 heavy (non-hydrogen) atoms. The van der Waals surface area contributed by atoms with E-state index < -0.39 is 35.0 Å². The van der Waals surface area contributed by atoms with Crippen LogP contribution >= 0.6 is 0 Å². The molecule has 0 saturated carbocycles. The van der Waals surface area contributed by atoms with E-state index in [0.29, 0.717) is 73.0 Å². The van der Waals surface area contributed by atoms with Crippen LogP contribution < -0.4 is 15.0 Å². The van der Waals surface area contributed by atoms with Gasteiger partial charge in [0.1, 0.15) is 41.4 Å². The number of amides is 1. The Kier molecular flexibility index (Phi) is 6.68. The first kappa shape index (κ1) is 29.0. The first-order valence-electron chi connectivity index (χ1n) is 15.7. The van der Waals surface area contributed by atoms with Crippen LogP contribution in [0.1, 0.15) is 38.2 Å². The van der Waals surface area contributed by atoms with Gasteiger partial charge >= 0.3 is 12.1 Å². The molecule has 13 heteroatoms. The molecular formula is C33H33F3N6O4. The molecule has 0 aliphatic carbocycles. The quantitative estimate of drug-likeness (QED) is 0.302. The highest BCUT2D eigenvalue weighted by Crippen LogP contribution is 2.42. The van der Waals surface area contributed by atoms with E-state index in [2.05, 4.69) is 20.2 Å². The predicted molar refractivity (Wildman–Crippen MR) is 164 cm³/mol. The minimum Gasteiger partial charge on any atom is -0.508 e. The van der Waals surface area contributed by atoms with Crippen molar-refractivity contribution in [1.82, 2.24) is 25.2 Å². The number of hydrogen-bond acceptors (Lipinski definition) is 9. The second-order valence-electron chi connectivity index (χ2n) is 12.9. The number of benzene rings is 2. The number of phenols is 1. The summed E-state index contributed by atoms with van der Waals surface area (Å²) in [4.78, 5) is 29.7. The molecule has 1 amide bonds. The molecule has 4 aliphatic heterocycles. The van der Waals surface area contributed by atoms with Gasteiger partial charge in [-0.3, -0.25) is 9.88 Å². The van der Waals surface area contributed by atoms with Gasteiger partial charge in [0.2, 0.25) is 0 Å². The average molecular weight is 635 g/mol. The molecule has 4 aliphatic rings. The van der Waals surface area contributed by atoms with Gasteiger partial charge in [-0.1, -0.05) is 13.0 Å². The second-order valence-corrected chi connectivity index (χ2v) is 12.9. The normalized spacial score (nSPS) is 26.0. The first-order valence-corrected chi connectivity index (χ1v) is 15.7. The van der Waals surface area contributed by atoms with E-state index in [4.69, 9.17) is 14.5 Å². The van der Waals surface area contributed by atoms with Crippen LogP contribution in [0.2, 0.25) is 0 Å². The van der Waals surface area contributed by atoms with Crippen molar-refractivity contribution < 1.29 is 32.5 Å². The lowest BCUT2D eigenvalue weighted by Crippen LogP contribution is -2.43. The van der Waals surface area contributed by atoms with Crippen LogP contribution in [-0.2, 0) is 11.2 Å². The van der Waals surface area contributed by atoms with Crippen molar-refractivity contribution in [2.24, 2.45) is 0 Å². The Bertz CT molecular complexity index is 1910. The van der Waals surface area contributed by atoms with Gasteiger partial charge in [0.15, 0.2) is 11.4 Å². The Hall–Kier alpha value is -4.39. The van der Waals surface area contributed by atoms with E-state index in [-0.39, 0.29) is 35.1 Å². The van der Waals surface area contributed by atoms with Gasteiger partial charge in [-0.25, -0.2) is 18.0 Å². The van der Waals surface area contributed by atoms with Gasteiger partial charge in [0, 0.05) is 37.7 Å². The number of nitrogens with zero attached hydrogens (tertiary/aromatic N) is 5. The second kappa shape index (κ2) is 10.6. The third-order valence-electron chi connectivity index (χ3n) is 10.1. The van der Waals surface area contributed by atoms with Crippen LogP contribution in [-0.4, -0.2) is 87.7 Å². The van der Waals surface area contributed by atoms with Gasteiger partial charge < -0.3 is 24.8 Å². The zero-order valence-electron chi connectivity index (χ0n) is 25.3. The molecule has 8 rings (SSSR count). The van der Waals surface area contributed by atoms with Crippen LogP contribution in [0.25, 0.3) is 32.9 Å². The number of hydrogen-bond donors (Lipinski definition) is 2. The monoisotopic (exact) mass is 634 g/mol. The number of phenolic OH excluding ortho intramolecular Hbond substituents is 1. The van der Waals surface area contributed by atoms with Crippen molar-refractivity contribution in [2.45, 2.75) is 56.3 Å². The molecule has 0 radical (unpaired) electrons. The van der Waals surface area contributed by atoms with Gasteiger partial charge in [-0.15, -0.1) is 0 Å². The Balaban J connectivity index is 1.26. The van der Waals surface area contributed by atoms with Crippen molar-refractivity contribution in [2.75, 3.05) is 44.2 Å². The molecule has 0 bridgehead atoms. The number of alkyl halides is 1. The van der Waals surface area contributed by atoms with Crippen molar-refractivity contribution in [3.05, 3.63) is 47.7 Å². The molecule has 1 unspecified atom stereocenters. The number of alkyl carbamates (subject to hydrolysis) is 1. The Morgan fingerprint density at radius 1 is 1.20 bits per heavy atom. The number of aryl methyl sites for hydroxylation is 1. The number of carbonyl (C=O) groups excluding carboxylic acids is 1. The highest BCUT2D eigenvalue weighted by Gasteiger charge is 2.50. The Morgan fingerprint density at radius 3 is 2.87 bits per heavy atom. The largest absolute Gasteiger partial charge is 0.508 e. The maximum Gasteiger partial charge on any atom is 0.407 e.